The molecule has 0 unspecified atom stereocenters. The zero-order chi connectivity index (χ0) is 12.3. The van der Waals surface area contributed by atoms with Crippen LogP contribution in [0.4, 0.5) is 0 Å². The van der Waals surface area contributed by atoms with Crippen molar-refractivity contribution in [1.29, 1.82) is 0 Å². The maximum Gasteiger partial charge on any atom is 0.287 e. The molecule has 8 heteroatoms. The molecule has 1 aromatic heterocycles. The zero-order valence-electron chi connectivity index (χ0n) is 8.29. The minimum absolute atomic E-state index is 0.0795. The van der Waals surface area contributed by atoms with Gasteiger partial charge in [-0.1, -0.05) is 6.92 Å². The van der Waals surface area contributed by atoms with E-state index in [1.807, 2.05) is 6.92 Å². The molecule has 5 nitrogen and oxygen atoms in total. The van der Waals surface area contributed by atoms with Gasteiger partial charge in [0, 0.05) is 23.3 Å². The number of hydrogen-bond donors (Lipinski definition) is 1. The first-order valence-corrected chi connectivity index (χ1v) is 7.48. The molecule has 0 atom stereocenters. The molecular formula is C8H9BrClNO4S. The summed E-state index contributed by atoms with van der Waals surface area (Å²) in [5, 5.41) is 2.55. The van der Waals surface area contributed by atoms with E-state index in [-0.39, 0.29) is 15.3 Å². The number of nitrogens with one attached hydrogen (secondary N) is 1. The highest BCUT2D eigenvalue weighted by molar-refractivity contribution is 9.10. The summed E-state index contributed by atoms with van der Waals surface area (Å²) >= 11 is 2.88. The summed E-state index contributed by atoms with van der Waals surface area (Å²) in [5.41, 5.74) is 0. The fourth-order valence-electron chi connectivity index (χ4n) is 0.956. The van der Waals surface area contributed by atoms with Gasteiger partial charge in [0.15, 0.2) is 10.4 Å². The van der Waals surface area contributed by atoms with E-state index in [1.165, 1.54) is 0 Å². The Morgan fingerprint density at radius 2 is 2.25 bits per heavy atom. The molecule has 1 aromatic rings. The number of carbonyl (C=O) groups is 1. The molecule has 0 bridgehead atoms. The third-order valence-corrected chi connectivity index (χ3v) is 3.86. The topological polar surface area (TPSA) is 76.4 Å². The molecule has 16 heavy (non-hydrogen) atoms. The van der Waals surface area contributed by atoms with Gasteiger partial charge in [0.05, 0.1) is 0 Å². The minimum atomic E-state index is -3.92. The molecule has 1 N–H and O–H groups in total. The van der Waals surface area contributed by atoms with Crippen molar-refractivity contribution in [3.8, 4) is 0 Å². The Hall–Kier alpha value is -0.530. The first kappa shape index (κ1) is 13.5. The molecule has 1 heterocycles. The van der Waals surface area contributed by atoms with Gasteiger partial charge in [-0.3, -0.25) is 4.79 Å². The van der Waals surface area contributed by atoms with Crippen molar-refractivity contribution in [2.75, 3.05) is 6.54 Å². The lowest BCUT2D eigenvalue weighted by Crippen LogP contribution is -2.23. The van der Waals surface area contributed by atoms with E-state index in [9.17, 15) is 13.2 Å². The molecule has 0 radical (unpaired) electrons. The van der Waals surface area contributed by atoms with Crippen LogP contribution in [0.3, 0.4) is 0 Å². The fraction of sp³-hybridized carbons (Fsp3) is 0.375. The number of rotatable bonds is 4. The summed E-state index contributed by atoms with van der Waals surface area (Å²) < 4.78 is 27.0. The Morgan fingerprint density at radius 3 is 2.69 bits per heavy atom. The summed E-state index contributed by atoms with van der Waals surface area (Å²) in [4.78, 5) is 11.2. The molecule has 0 aromatic carbocycles. The van der Waals surface area contributed by atoms with E-state index in [4.69, 9.17) is 15.1 Å². The monoisotopic (exact) mass is 329 g/mol. The molecule has 0 saturated heterocycles. The standard InChI is InChI=1S/C8H9BrClNO4S/c1-2-3-11-8(12)5-4-6(7(9)15-5)16(10,13)14/h4H,2-3H2,1H3,(H,11,12). The van der Waals surface area contributed by atoms with Gasteiger partial charge < -0.3 is 9.73 Å². The molecule has 0 fully saturated rings. The number of carbonyl (C=O) groups excluding carboxylic acids is 1. The maximum atomic E-state index is 11.4. The number of hydrogen-bond acceptors (Lipinski definition) is 4. The van der Waals surface area contributed by atoms with Crippen LogP contribution in [0.1, 0.15) is 23.9 Å². The van der Waals surface area contributed by atoms with Crippen LogP contribution in [0.5, 0.6) is 0 Å². The van der Waals surface area contributed by atoms with Gasteiger partial charge in [-0.25, -0.2) is 8.42 Å². The van der Waals surface area contributed by atoms with Crippen LogP contribution in [0.25, 0.3) is 0 Å². The largest absolute Gasteiger partial charge is 0.443 e. The van der Waals surface area contributed by atoms with Crippen molar-refractivity contribution >= 4 is 41.6 Å². The van der Waals surface area contributed by atoms with E-state index in [0.29, 0.717) is 6.54 Å². The van der Waals surface area contributed by atoms with Gasteiger partial charge in [0.2, 0.25) is 0 Å². The van der Waals surface area contributed by atoms with Gasteiger partial charge in [0.25, 0.3) is 15.0 Å². The summed E-state index contributed by atoms with van der Waals surface area (Å²) in [7, 11) is 1.22. The lowest BCUT2D eigenvalue weighted by molar-refractivity contribution is 0.0924. The highest BCUT2D eigenvalue weighted by atomic mass is 79.9. The zero-order valence-corrected chi connectivity index (χ0v) is 11.4. The first-order valence-electron chi connectivity index (χ1n) is 4.38. The Kier molecular flexibility index (Phi) is 4.40. The van der Waals surface area contributed by atoms with Crippen LogP contribution in [-0.4, -0.2) is 20.9 Å². The van der Waals surface area contributed by atoms with Gasteiger partial charge in [0.1, 0.15) is 4.90 Å². The average molecular weight is 331 g/mol. The highest BCUT2D eigenvalue weighted by Crippen LogP contribution is 2.28. The Morgan fingerprint density at radius 1 is 1.62 bits per heavy atom. The predicted molar refractivity (Wildman–Crippen MR) is 62.1 cm³/mol. The number of amides is 1. The van der Waals surface area contributed by atoms with E-state index in [1.54, 1.807) is 0 Å². The van der Waals surface area contributed by atoms with Crippen molar-refractivity contribution in [2.45, 2.75) is 18.2 Å². The van der Waals surface area contributed by atoms with Gasteiger partial charge in [-0.15, -0.1) is 0 Å². The van der Waals surface area contributed by atoms with E-state index >= 15 is 0 Å². The van der Waals surface area contributed by atoms with Crippen LogP contribution < -0.4 is 5.32 Å². The quantitative estimate of drug-likeness (QED) is 0.858. The molecule has 0 aliphatic heterocycles. The predicted octanol–water partition coefficient (Wildman–Crippen LogP) is 2.11. The molecule has 1 amide bonds. The number of halogens is 2. The van der Waals surface area contributed by atoms with Gasteiger partial charge in [-0.2, -0.15) is 0 Å². The van der Waals surface area contributed by atoms with Crippen LogP contribution >= 0.6 is 26.6 Å². The van der Waals surface area contributed by atoms with Crippen molar-refractivity contribution in [1.82, 2.24) is 5.32 Å². The van der Waals surface area contributed by atoms with E-state index < -0.39 is 15.0 Å². The normalized spacial score (nSPS) is 11.4. The summed E-state index contributed by atoms with van der Waals surface area (Å²) in [6.07, 6.45) is 0.772. The second-order valence-corrected chi connectivity index (χ2v) is 6.20. The second kappa shape index (κ2) is 5.20. The lowest BCUT2D eigenvalue weighted by Gasteiger charge is -1.98. The molecular weight excluding hydrogens is 322 g/mol. The molecule has 90 valence electrons. The molecule has 1 rings (SSSR count). The summed E-state index contributed by atoms with van der Waals surface area (Å²) in [6, 6.07) is 1.08. The average Bonchev–Trinajstić information content (AvgIpc) is 2.56. The first-order chi connectivity index (χ1) is 7.36. The van der Waals surface area contributed by atoms with Crippen LogP contribution in [-0.2, 0) is 9.05 Å². The van der Waals surface area contributed by atoms with Crippen LogP contribution in [0, 0.1) is 0 Å². The van der Waals surface area contributed by atoms with Crippen molar-refractivity contribution in [2.24, 2.45) is 0 Å². The second-order valence-electron chi connectivity index (χ2n) is 2.94. The third-order valence-electron chi connectivity index (χ3n) is 1.68. The molecule has 0 saturated carbocycles. The third kappa shape index (κ3) is 3.23. The van der Waals surface area contributed by atoms with Crippen molar-refractivity contribution in [3.05, 3.63) is 16.5 Å². The van der Waals surface area contributed by atoms with E-state index in [0.717, 1.165) is 12.5 Å². The van der Waals surface area contributed by atoms with Gasteiger partial charge in [-0.05, 0) is 22.4 Å². The highest BCUT2D eigenvalue weighted by Gasteiger charge is 2.22. The minimum Gasteiger partial charge on any atom is -0.443 e. The van der Waals surface area contributed by atoms with Crippen LogP contribution in [0.2, 0.25) is 0 Å². The summed E-state index contributed by atoms with van der Waals surface area (Å²) in [5.74, 6) is -0.575. The summed E-state index contributed by atoms with van der Waals surface area (Å²) in [6.45, 7) is 2.38. The number of furan rings is 1. The Balaban J connectivity index is 2.98. The molecule has 0 spiro atoms. The smallest absolute Gasteiger partial charge is 0.287 e. The van der Waals surface area contributed by atoms with Gasteiger partial charge >= 0.3 is 0 Å². The van der Waals surface area contributed by atoms with Crippen molar-refractivity contribution in [3.63, 3.8) is 0 Å². The Labute approximate surface area is 106 Å². The fourth-order valence-corrected chi connectivity index (χ4v) is 2.99. The van der Waals surface area contributed by atoms with E-state index in [2.05, 4.69) is 21.2 Å². The lowest BCUT2D eigenvalue weighted by atomic mass is 10.4. The SMILES string of the molecule is CCCNC(=O)c1cc(S(=O)(=O)Cl)c(Br)o1. The Bertz CT molecular complexity index is 496. The molecule has 0 aliphatic rings. The molecule has 0 aliphatic carbocycles. The van der Waals surface area contributed by atoms with Crippen LogP contribution in [0.15, 0.2) is 20.0 Å². The van der Waals surface area contributed by atoms with Crippen molar-refractivity contribution < 1.29 is 17.6 Å². The maximum absolute atomic E-state index is 11.4.